The van der Waals surface area contributed by atoms with E-state index in [2.05, 4.69) is 20.1 Å². The minimum atomic E-state index is -1.97. The van der Waals surface area contributed by atoms with Crippen LogP contribution >= 0.6 is 0 Å². The Balaban J connectivity index is 2.95. The summed E-state index contributed by atoms with van der Waals surface area (Å²) in [6, 6.07) is -1.54. The molecule has 1 rings (SSSR count). The number of azide groups is 2. The molecule has 19 heavy (non-hydrogen) atoms. The van der Waals surface area contributed by atoms with Crippen molar-refractivity contribution in [1.29, 1.82) is 0 Å². The smallest absolute Gasteiger partial charge is 0.303 e. The summed E-state index contributed by atoms with van der Waals surface area (Å²) >= 11 is 0. The second-order valence-electron chi connectivity index (χ2n) is 3.69. The van der Waals surface area contributed by atoms with Gasteiger partial charge in [0, 0.05) is 16.7 Å². The molecule has 5 atom stereocenters. The van der Waals surface area contributed by atoms with Crippen LogP contribution in [0.1, 0.15) is 6.92 Å². The summed E-state index contributed by atoms with van der Waals surface area (Å²) in [5, 5.41) is 15.7. The standard InChI is InChI=1S/C8H11FN6O4/c1-3(16)18-7-4(2-12-14-10)19-8(17)6(5(7)9)13-15-11/h4-8,17H,2H2,1H3/t4-,5+,6?,7-,8?/m1/s1. The molecule has 104 valence electrons. The summed E-state index contributed by atoms with van der Waals surface area (Å²) in [4.78, 5) is 15.8. The third-order valence-electron chi connectivity index (χ3n) is 2.42. The maximum atomic E-state index is 14.1. The number of ether oxygens (including phenoxy) is 2. The zero-order valence-corrected chi connectivity index (χ0v) is 9.83. The van der Waals surface area contributed by atoms with Crippen LogP contribution in [-0.4, -0.2) is 48.3 Å². The van der Waals surface area contributed by atoms with Gasteiger partial charge in [-0.15, -0.1) is 0 Å². The summed E-state index contributed by atoms with van der Waals surface area (Å²) in [7, 11) is 0. The van der Waals surface area contributed by atoms with Crippen molar-refractivity contribution >= 4 is 5.97 Å². The molecule has 0 aromatic carbocycles. The summed E-state index contributed by atoms with van der Waals surface area (Å²) in [6.45, 7) is 0.722. The number of halogens is 1. The quantitative estimate of drug-likeness (QED) is 0.351. The lowest BCUT2D eigenvalue weighted by atomic mass is 9.98. The number of alkyl halides is 1. The van der Waals surface area contributed by atoms with Crippen molar-refractivity contribution in [3.8, 4) is 0 Å². The molecule has 0 amide bonds. The molecule has 1 N–H and O–H groups in total. The highest BCUT2D eigenvalue weighted by Crippen LogP contribution is 2.27. The maximum Gasteiger partial charge on any atom is 0.303 e. The lowest BCUT2D eigenvalue weighted by Gasteiger charge is -2.38. The molecule has 1 heterocycles. The number of rotatable bonds is 4. The fourth-order valence-electron chi connectivity index (χ4n) is 1.67. The number of esters is 1. The van der Waals surface area contributed by atoms with Crippen molar-refractivity contribution in [1.82, 2.24) is 0 Å². The predicted molar refractivity (Wildman–Crippen MR) is 58.3 cm³/mol. The Bertz CT molecular complexity index is 433. The van der Waals surface area contributed by atoms with E-state index in [9.17, 15) is 14.3 Å². The molecule has 10 nitrogen and oxygen atoms in total. The van der Waals surface area contributed by atoms with Crippen LogP contribution in [0.15, 0.2) is 10.2 Å². The van der Waals surface area contributed by atoms with Crippen LogP contribution in [0.4, 0.5) is 4.39 Å². The molecule has 0 aromatic rings. The van der Waals surface area contributed by atoms with E-state index in [1.807, 2.05) is 0 Å². The Labute approximate surface area is 106 Å². The zero-order valence-electron chi connectivity index (χ0n) is 9.83. The zero-order chi connectivity index (χ0) is 14.4. The highest BCUT2D eigenvalue weighted by molar-refractivity contribution is 5.66. The van der Waals surface area contributed by atoms with Gasteiger partial charge in [0.05, 0.1) is 6.54 Å². The van der Waals surface area contributed by atoms with Crippen molar-refractivity contribution in [3.05, 3.63) is 20.9 Å². The normalized spacial score (nSPS) is 33.7. The number of hydrogen-bond donors (Lipinski definition) is 1. The third kappa shape index (κ3) is 3.70. The van der Waals surface area contributed by atoms with Crippen molar-refractivity contribution in [2.45, 2.75) is 37.6 Å². The minimum absolute atomic E-state index is 0.338. The van der Waals surface area contributed by atoms with Gasteiger partial charge in [-0.3, -0.25) is 4.79 Å². The molecule has 0 aliphatic carbocycles. The van der Waals surface area contributed by atoms with Gasteiger partial charge >= 0.3 is 5.97 Å². The van der Waals surface area contributed by atoms with Crippen LogP contribution in [0, 0.1) is 0 Å². The first-order valence-corrected chi connectivity index (χ1v) is 5.21. The second kappa shape index (κ2) is 6.76. The SMILES string of the molecule is CC(=O)O[C@@H]1[C@@H](CN=[N+]=[N-])OC(O)C(N=[N+]=[N-])[C@@H]1F. The average molecular weight is 274 g/mol. The van der Waals surface area contributed by atoms with Gasteiger partial charge in [-0.25, -0.2) is 4.39 Å². The van der Waals surface area contributed by atoms with Crippen LogP contribution in [0.3, 0.4) is 0 Å². The fraction of sp³-hybridized carbons (Fsp3) is 0.875. The van der Waals surface area contributed by atoms with E-state index >= 15 is 0 Å². The number of hydrogen-bond acceptors (Lipinski definition) is 6. The van der Waals surface area contributed by atoms with Crippen molar-refractivity contribution in [2.75, 3.05) is 6.54 Å². The molecular weight excluding hydrogens is 263 g/mol. The summed E-state index contributed by atoms with van der Waals surface area (Å²) in [5.74, 6) is -0.779. The Kier molecular flexibility index (Phi) is 5.34. The van der Waals surface area contributed by atoms with E-state index in [1.54, 1.807) is 0 Å². The van der Waals surface area contributed by atoms with E-state index in [-0.39, 0.29) is 6.54 Å². The molecule has 1 aliphatic rings. The third-order valence-corrected chi connectivity index (χ3v) is 2.42. The van der Waals surface area contributed by atoms with E-state index in [0.717, 1.165) is 6.92 Å². The first kappa shape index (κ1) is 15.0. The van der Waals surface area contributed by atoms with Gasteiger partial charge in [0.2, 0.25) is 0 Å². The van der Waals surface area contributed by atoms with Gasteiger partial charge in [-0.1, -0.05) is 10.2 Å². The number of nitrogens with zero attached hydrogens (tertiary/aromatic N) is 6. The summed E-state index contributed by atoms with van der Waals surface area (Å²) in [5.41, 5.74) is 16.5. The summed E-state index contributed by atoms with van der Waals surface area (Å²) in [6.07, 6.45) is -6.27. The molecule has 2 unspecified atom stereocenters. The monoisotopic (exact) mass is 274 g/mol. The van der Waals surface area contributed by atoms with Gasteiger partial charge < -0.3 is 14.6 Å². The predicted octanol–water partition coefficient (Wildman–Crippen LogP) is 0.963. The molecule has 0 radical (unpaired) electrons. The molecule has 0 bridgehead atoms. The first-order chi connectivity index (χ1) is 9.01. The van der Waals surface area contributed by atoms with E-state index in [4.69, 9.17) is 20.5 Å². The number of carbonyl (C=O) groups excluding carboxylic acids is 1. The largest absolute Gasteiger partial charge is 0.457 e. The van der Waals surface area contributed by atoms with E-state index < -0.39 is 36.7 Å². The number of aliphatic hydroxyl groups is 1. The Morgan fingerprint density at radius 3 is 2.74 bits per heavy atom. The van der Waals surface area contributed by atoms with Crippen molar-refractivity contribution < 1.29 is 23.8 Å². The molecule has 0 spiro atoms. The van der Waals surface area contributed by atoms with Crippen LogP contribution < -0.4 is 0 Å². The molecule has 0 aromatic heterocycles. The minimum Gasteiger partial charge on any atom is -0.457 e. The van der Waals surface area contributed by atoms with Gasteiger partial charge in [-0.2, -0.15) is 0 Å². The average Bonchev–Trinajstić information content (AvgIpc) is 2.35. The van der Waals surface area contributed by atoms with Gasteiger partial charge in [0.1, 0.15) is 12.1 Å². The number of carbonyl (C=O) groups is 1. The molecule has 1 saturated heterocycles. The molecule has 0 saturated carbocycles. The van der Waals surface area contributed by atoms with Gasteiger partial charge in [0.15, 0.2) is 18.6 Å². The molecule has 11 heteroatoms. The van der Waals surface area contributed by atoms with Crippen LogP contribution in [-0.2, 0) is 14.3 Å². The van der Waals surface area contributed by atoms with Crippen molar-refractivity contribution in [2.24, 2.45) is 10.2 Å². The Morgan fingerprint density at radius 1 is 1.53 bits per heavy atom. The second-order valence-corrected chi connectivity index (χ2v) is 3.69. The van der Waals surface area contributed by atoms with E-state index in [0.29, 0.717) is 0 Å². The van der Waals surface area contributed by atoms with Gasteiger partial charge in [0.25, 0.3) is 0 Å². The maximum absolute atomic E-state index is 14.1. The van der Waals surface area contributed by atoms with E-state index in [1.165, 1.54) is 0 Å². The lowest BCUT2D eigenvalue weighted by molar-refractivity contribution is -0.234. The molecule has 1 fully saturated rings. The van der Waals surface area contributed by atoms with Crippen LogP contribution in [0.25, 0.3) is 20.9 Å². The Hall–Kier alpha value is -2.06. The Morgan fingerprint density at radius 2 is 2.21 bits per heavy atom. The molecule has 1 aliphatic heterocycles. The lowest BCUT2D eigenvalue weighted by Crippen LogP contribution is -2.57. The van der Waals surface area contributed by atoms with Crippen LogP contribution in [0.2, 0.25) is 0 Å². The fourth-order valence-corrected chi connectivity index (χ4v) is 1.67. The van der Waals surface area contributed by atoms with Gasteiger partial charge in [-0.05, 0) is 11.1 Å². The first-order valence-electron chi connectivity index (χ1n) is 5.21. The number of aliphatic hydroxyl groups excluding tert-OH is 1. The topological polar surface area (TPSA) is 153 Å². The highest BCUT2D eigenvalue weighted by atomic mass is 19.1. The van der Waals surface area contributed by atoms with Crippen LogP contribution in [0.5, 0.6) is 0 Å². The summed E-state index contributed by atoms with van der Waals surface area (Å²) < 4.78 is 23.7. The highest BCUT2D eigenvalue weighted by Gasteiger charge is 2.47. The van der Waals surface area contributed by atoms with Crippen molar-refractivity contribution in [3.63, 3.8) is 0 Å². The molecular formula is C8H11FN6O4.